The number of ether oxygens (including phenoxy) is 1. The second kappa shape index (κ2) is 7.70. The van der Waals surface area contributed by atoms with Crippen LogP contribution in [0, 0.1) is 0 Å². The summed E-state index contributed by atoms with van der Waals surface area (Å²) >= 11 is 11.9. The average Bonchev–Trinajstić information content (AvgIpc) is 2.61. The van der Waals surface area contributed by atoms with Gasteiger partial charge in [-0.05, 0) is 41.5 Å². The van der Waals surface area contributed by atoms with Gasteiger partial charge in [0.15, 0.2) is 9.84 Å². The number of hydrogen-bond acceptors (Lipinski definition) is 3. The Morgan fingerprint density at radius 1 is 0.846 bits per heavy atom. The van der Waals surface area contributed by atoms with Gasteiger partial charge in [-0.3, -0.25) is 0 Å². The van der Waals surface area contributed by atoms with Crippen molar-refractivity contribution >= 4 is 33.0 Å². The molecule has 0 aromatic heterocycles. The van der Waals surface area contributed by atoms with Crippen LogP contribution in [-0.4, -0.2) is 15.5 Å². The van der Waals surface area contributed by atoms with E-state index >= 15 is 0 Å². The minimum absolute atomic E-state index is 0.0853. The molecular formula is C20H16Cl2O3S. The Morgan fingerprint density at radius 3 is 2.12 bits per heavy atom. The molecule has 0 saturated heterocycles. The zero-order valence-corrected chi connectivity index (χ0v) is 16.3. The quantitative estimate of drug-likeness (QED) is 0.550. The number of sulfone groups is 1. The van der Waals surface area contributed by atoms with E-state index in [1.807, 2.05) is 42.5 Å². The van der Waals surface area contributed by atoms with E-state index in [1.54, 1.807) is 6.07 Å². The third-order valence-corrected chi connectivity index (χ3v) is 6.01. The van der Waals surface area contributed by atoms with Gasteiger partial charge in [-0.15, -0.1) is 0 Å². The fourth-order valence-electron chi connectivity index (χ4n) is 2.70. The molecule has 0 aliphatic rings. The van der Waals surface area contributed by atoms with Gasteiger partial charge in [-0.1, -0.05) is 59.6 Å². The fraction of sp³-hybridized carbons (Fsp3) is 0.100. The number of rotatable bonds is 5. The topological polar surface area (TPSA) is 43.4 Å². The summed E-state index contributed by atoms with van der Waals surface area (Å²) < 4.78 is 31.0. The predicted molar refractivity (Wildman–Crippen MR) is 106 cm³/mol. The molecule has 0 atom stereocenters. The van der Waals surface area contributed by atoms with Gasteiger partial charge in [-0.25, -0.2) is 8.42 Å². The van der Waals surface area contributed by atoms with Crippen molar-refractivity contribution in [2.24, 2.45) is 0 Å². The minimum atomic E-state index is -3.64. The SMILES string of the molecule is COc1ccc(-c2ccccc2)cc1CS(=O)(=O)c1cc(Cl)cc(Cl)c1. The van der Waals surface area contributed by atoms with Crippen LogP contribution in [0.2, 0.25) is 10.0 Å². The Bertz CT molecular complexity index is 1010. The molecule has 0 amide bonds. The summed E-state index contributed by atoms with van der Waals surface area (Å²) in [5, 5.41) is 0.558. The van der Waals surface area contributed by atoms with Crippen molar-refractivity contribution in [3.63, 3.8) is 0 Å². The molecule has 0 bridgehead atoms. The molecule has 0 spiro atoms. The molecule has 3 nitrogen and oxygen atoms in total. The van der Waals surface area contributed by atoms with E-state index in [9.17, 15) is 8.42 Å². The van der Waals surface area contributed by atoms with Gasteiger partial charge in [0, 0.05) is 15.6 Å². The second-order valence-electron chi connectivity index (χ2n) is 5.76. The zero-order valence-electron chi connectivity index (χ0n) is 13.9. The van der Waals surface area contributed by atoms with E-state index in [1.165, 1.54) is 25.3 Å². The predicted octanol–water partition coefficient (Wildman–Crippen LogP) is 5.64. The molecule has 3 aromatic carbocycles. The van der Waals surface area contributed by atoms with Crippen molar-refractivity contribution in [3.8, 4) is 16.9 Å². The Kier molecular flexibility index (Phi) is 5.56. The van der Waals surface area contributed by atoms with Crippen LogP contribution in [-0.2, 0) is 15.6 Å². The van der Waals surface area contributed by atoms with Gasteiger partial charge in [-0.2, -0.15) is 0 Å². The third kappa shape index (κ3) is 4.21. The van der Waals surface area contributed by atoms with Crippen molar-refractivity contribution in [2.75, 3.05) is 7.11 Å². The summed E-state index contributed by atoms with van der Waals surface area (Å²) in [6.07, 6.45) is 0. The maximum absolute atomic E-state index is 12.8. The maximum atomic E-state index is 12.8. The molecule has 0 aliphatic carbocycles. The van der Waals surface area contributed by atoms with Crippen molar-refractivity contribution in [1.29, 1.82) is 0 Å². The lowest BCUT2D eigenvalue weighted by molar-refractivity contribution is 0.411. The van der Waals surface area contributed by atoms with Crippen molar-refractivity contribution in [3.05, 3.63) is 82.3 Å². The first-order chi connectivity index (χ1) is 12.4. The minimum Gasteiger partial charge on any atom is -0.496 e. The molecule has 0 fully saturated rings. The van der Waals surface area contributed by atoms with Crippen LogP contribution in [0.1, 0.15) is 5.56 Å². The highest BCUT2D eigenvalue weighted by atomic mass is 35.5. The Morgan fingerprint density at radius 2 is 1.50 bits per heavy atom. The highest BCUT2D eigenvalue weighted by molar-refractivity contribution is 7.90. The van der Waals surface area contributed by atoms with Gasteiger partial charge in [0.25, 0.3) is 0 Å². The Balaban J connectivity index is 2.02. The van der Waals surface area contributed by atoms with Crippen LogP contribution in [0.4, 0.5) is 0 Å². The summed E-state index contributed by atoms with van der Waals surface area (Å²) in [7, 11) is -2.12. The van der Waals surface area contributed by atoms with Crippen LogP contribution in [0.15, 0.2) is 71.6 Å². The smallest absolute Gasteiger partial charge is 0.182 e. The van der Waals surface area contributed by atoms with Crippen molar-refractivity contribution < 1.29 is 13.2 Å². The van der Waals surface area contributed by atoms with Gasteiger partial charge in [0.05, 0.1) is 17.8 Å². The molecule has 0 radical (unpaired) electrons. The number of halogens is 2. The van der Waals surface area contributed by atoms with E-state index in [-0.39, 0.29) is 20.7 Å². The van der Waals surface area contributed by atoms with E-state index in [0.29, 0.717) is 11.3 Å². The van der Waals surface area contributed by atoms with Crippen molar-refractivity contribution in [1.82, 2.24) is 0 Å². The first-order valence-corrected chi connectivity index (χ1v) is 10.2. The van der Waals surface area contributed by atoms with Gasteiger partial charge in [0.1, 0.15) is 5.75 Å². The summed E-state index contributed by atoms with van der Waals surface area (Å²) in [6, 6.07) is 19.5. The lowest BCUT2D eigenvalue weighted by Gasteiger charge is -2.12. The van der Waals surface area contributed by atoms with Crippen LogP contribution < -0.4 is 4.74 Å². The monoisotopic (exact) mass is 406 g/mol. The number of hydrogen-bond donors (Lipinski definition) is 0. The van der Waals surface area contributed by atoms with Crippen LogP contribution in [0.5, 0.6) is 5.75 Å². The maximum Gasteiger partial charge on any atom is 0.182 e. The van der Waals surface area contributed by atoms with E-state index < -0.39 is 9.84 Å². The normalized spacial score (nSPS) is 11.3. The molecule has 0 saturated carbocycles. The van der Waals surface area contributed by atoms with E-state index in [2.05, 4.69) is 0 Å². The Labute approximate surface area is 163 Å². The lowest BCUT2D eigenvalue weighted by atomic mass is 10.0. The average molecular weight is 407 g/mol. The summed E-state index contributed by atoms with van der Waals surface area (Å²) in [5.41, 5.74) is 2.49. The van der Waals surface area contributed by atoms with Gasteiger partial charge < -0.3 is 4.74 Å². The molecule has 0 aliphatic heterocycles. The van der Waals surface area contributed by atoms with Crippen LogP contribution in [0.3, 0.4) is 0 Å². The molecule has 134 valence electrons. The highest BCUT2D eigenvalue weighted by Gasteiger charge is 2.20. The Hall–Kier alpha value is -2.01. The van der Waals surface area contributed by atoms with E-state index in [4.69, 9.17) is 27.9 Å². The molecule has 3 aromatic rings. The van der Waals surface area contributed by atoms with Crippen molar-refractivity contribution in [2.45, 2.75) is 10.6 Å². The number of benzene rings is 3. The second-order valence-corrected chi connectivity index (χ2v) is 8.62. The van der Waals surface area contributed by atoms with Gasteiger partial charge in [0.2, 0.25) is 0 Å². The lowest BCUT2D eigenvalue weighted by Crippen LogP contribution is -2.06. The third-order valence-electron chi connectivity index (χ3n) is 3.93. The largest absolute Gasteiger partial charge is 0.496 e. The summed E-state index contributed by atoms with van der Waals surface area (Å²) in [5.74, 6) is 0.300. The standard InChI is InChI=1S/C20H16Cl2O3S/c1-25-20-8-7-15(14-5-3-2-4-6-14)9-16(20)13-26(23,24)19-11-17(21)10-18(22)12-19/h2-12H,13H2,1H3. The highest BCUT2D eigenvalue weighted by Crippen LogP contribution is 2.31. The molecule has 6 heteroatoms. The molecule has 0 unspecified atom stereocenters. The molecule has 26 heavy (non-hydrogen) atoms. The van der Waals surface area contributed by atoms with Crippen LogP contribution >= 0.6 is 23.2 Å². The first-order valence-electron chi connectivity index (χ1n) is 7.80. The van der Waals surface area contributed by atoms with Crippen LogP contribution in [0.25, 0.3) is 11.1 Å². The molecular weight excluding hydrogens is 391 g/mol. The summed E-state index contributed by atoms with van der Waals surface area (Å²) in [4.78, 5) is 0.0853. The molecule has 0 heterocycles. The van der Waals surface area contributed by atoms with Gasteiger partial charge >= 0.3 is 0 Å². The van der Waals surface area contributed by atoms with E-state index in [0.717, 1.165) is 11.1 Å². The number of methoxy groups -OCH3 is 1. The fourth-order valence-corrected chi connectivity index (χ4v) is 4.77. The molecule has 3 rings (SSSR count). The first kappa shape index (κ1) is 18.8. The zero-order chi connectivity index (χ0) is 18.7. The molecule has 0 N–H and O–H groups in total. The summed E-state index contributed by atoms with van der Waals surface area (Å²) in [6.45, 7) is 0.